The van der Waals surface area contributed by atoms with Crippen molar-refractivity contribution in [3.63, 3.8) is 0 Å². The molecule has 0 saturated carbocycles. The summed E-state index contributed by atoms with van der Waals surface area (Å²) in [5.41, 5.74) is 1.28. The highest BCUT2D eigenvalue weighted by Gasteiger charge is 2.14. The highest BCUT2D eigenvalue weighted by molar-refractivity contribution is 6.33. The molecule has 2 aromatic rings. The Morgan fingerprint density at radius 2 is 2.20 bits per heavy atom. The van der Waals surface area contributed by atoms with Gasteiger partial charge in [-0.25, -0.2) is 4.79 Å². The van der Waals surface area contributed by atoms with Crippen molar-refractivity contribution in [1.82, 2.24) is 0 Å². The molecule has 0 bridgehead atoms. The standard InChI is InChI=1S/C14H14ClNO4/c1-8-5-10(20-13(8)14(17)18)7-16-12-6-9(19-2)3-4-11(12)15/h3-6,16H,7H2,1-2H3,(H,17,18). The summed E-state index contributed by atoms with van der Waals surface area (Å²) in [4.78, 5) is 10.9. The maximum absolute atomic E-state index is 10.9. The van der Waals surface area contributed by atoms with Crippen LogP contribution in [-0.4, -0.2) is 18.2 Å². The summed E-state index contributed by atoms with van der Waals surface area (Å²) in [5.74, 6) is 0.0873. The van der Waals surface area contributed by atoms with Gasteiger partial charge in [-0.1, -0.05) is 11.6 Å². The summed E-state index contributed by atoms with van der Waals surface area (Å²) in [5, 5.41) is 12.6. The van der Waals surface area contributed by atoms with Gasteiger partial charge in [0.15, 0.2) is 0 Å². The lowest BCUT2D eigenvalue weighted by molar-refractivity contribution is 0.0659. The molecule has 0 saturated heterocycles. The maximum atomic E-state index is 10.9. The molecule has 2 rings (SSSR count). The van der Waals surface area contributed by atoms with Crippen LogP contribution in [0.2, 0.25) is 5.02 Å². The van der Waals surface area contributed by atoms with Gasteiger partial charge in [0, 0.05) is 11.6 Å². The number of methoxy groups -OCH3 is 1. The van der Waals surface area contributed by atoms with E-state index in [2.05, 4.69) is 5.32 Å². The summed E-state index contributed by atoms with van der Waals surface area (Å²) >= 11 is 6.06. The summed E-state index contributed by atoms with van der Waals surface area (Å²) < 4.78 is 10.4. The summed E-state index contributed by atoms with van der Waals surface area (Å²) in [6.07, 6.45) is 0. The van der Waals surface area contributed by atoms with Crippen LogP contribution in [0.25, 0.3) is 0 Å². The third kappa shape index (κ3) is 3.05. The van der Waals surface area contributed by atoms with Crippen molar-refractivity contribution in [1.29, 1.82) is 0 Å². The van der Waals surface area contributed by atoms with E-state index in [9.17, 15) is 4.79 Å². The van der Waals surface area contributed by atoms with E-state index in [1.807, 2.05) is 0 Å². The van der Waals surface area contributed by atoms with Crippen LogP contribution in [0, 0.1) is 6.92 Å². The summed E-state index contributed by atoms with van der Waals surface area (Å²) in [7, 11) is 1.57. The molecule has 2 N–H and O–H groups in total. The largest absolute Gasteiger partial charge is 0.497 e. The van der Waals surface area contributed by atoms with Gasteiger partial charge in [-0.2, -0.15) is 0 Å². The Labute approximate surface area is 121 Å². The van der Waals surface area contributed by atoms with Gasteiger partial charge in [-0.05, 0) is 25.1 Å². The van der Waals surface area contributed by atoms with Crippen LogP contribution in [0.1, 0.15) is 21.9 Å². The topological polar surface area (TPSA) is 71.7 Å². The SMILES string of the molecule is COc1ccc(Cl)c(NCc2cc(C)c(C(=O)O)o2)c1. The molecule has 5 nitrogen and oxygen atoms in total. The number of furan rings is 1. The van der Waals surface area contributed by atoms with Gasteiger partial charge in [0.05, 0.1) is 24.4 Å². The lowest BCUT2D eigenvalue weighted by atomic mass is 10.2. The molecule has 0 fully saturated rings. The van der Waals surface area contributed by atoms with E-state index in [0.29, 0.717) is 34.3 Å². The molecule has 0 unspecified atom stereocenters. The molecule has 0 aliphatic carbocycles. The number of carboxylic acids is 1. The Bertz CT molecular complexity index is 636. The van der Waals surface area contributed by atoms with Crippen LogP contribution in [0.15, 0.2) is 28.7 Å². The first-order chi connectivity index (χ1) is 9.51. The molecular weight excluding hydrogens is 282 g/mol. The smallest absolute Gasteiger partial charge is 0.372 e. The first-order valence-corrected chi connectivity index (χ1v) is 6.29. The minimum Gasteiger partial charge on any atom is -0.497 e. The number of hydrogen-bond acceptors (Lipinski definition) is 4. The first kappa shape index (κ1) is 14.3. The van der Waals surface area contributed by atoms with Gasteiger partial charge >= 0.3 is 5.97 Å². The monoisotopic (exact) mass is 295 g/mol. The summed E-state index contributed by atoms with van der Waals surface area (Å²) in [6.45, 7) is 2.02. The molecule has 0 radical (unpaired) electrons. The van der Waals surface area contributed by atoms with Crippen LogP contribution in [0.4, 0.5) is 5.69 Å². The lowest BCUT2D eigenvalue weighted by Crippen LogP contribution is -1.99. The van der Waals surface area contributed by atoms with Gasteiger partial charge in [-0.15, -0.1) is 0 Å². The van der Waals surface area contributed by atoms with Gasteiger partial charge in [-0.3, -0.25) is 0 Å². The van der Waals surface area contributed by atoms with E-state index in [1.54, 1.807) is 38.3 Å². The van der Waals surface area contributed by atoms with Gasteiger partial charge in [0.25, 0.3) is 0 Å². The number of rotatable bonds is 5. The molecule has 0 atom stereocenters. The molecule has 0 aliphatic heterocycles. The second-order valence-corrected chi connectivity index (χ2v) is 4.64. The van der Waals surface area contributed by atoms with E-state index in [0.717, 1.165) is 0 Å². The molecule has 1 aromatic carbocycles. The molecule has 6 heteroatoms. The number of aromatic carboxylic acids is 1. The highest BCUT2D eigenvalue weighted by Crippen LogP contribution is 2.27. The van der Waals surface area contributed by atoms with Crippen LogP contribution in [-0.2, 0) is 6.54 Å². The van der Waals surface area contributed by atoms with E-state index in [-0.39, 0.29) is 5.76 Å². The van der Waals surface area contributed by atoms with Crippen LogP contribution < -0.4 is 10.1 Å². The third-order valence-corrected chi connectivity index (χ3v) is 3.12. The zero-order chi connectivity index (χ0) is 14.7. The highest BCUT2D eigenvalue weighted by atomic mass is 35.5. The predicted molar refractivity (Wildman–Crippen MR) is 75.7 cm³/mol. The zero-order valence-electron chi connectivity index (χ0n) is 11.1. The fraction of sp³-hybridized carbons (Fsp3) is 0.214. The number of anilines is 1. The minimum atomic E-state index is -1.08. The average molecular weight is 296 g/mol. The molecule has 0 aliphatic rings. The van der Waals surface area contributed by atoms with Crippen molar-refractivity contribution >= 4 is 23.3 Å². The molecule has 0 spiro atoms. The Hall–Kier alpha value is -2.14. The molecule has 106 valence electrons. The number of hydrogen-bond donors (Lipinski definition) is 2. The number of nitrogens with one attached hydrogen (secondary N) is 1. The van der Waals surface area contributed by atoms with E-state index in [4.69, 9.17) is 25.9 Å². The Balaban J connectivity index is 2.12. The Morgan fingerprint density at radius 3 is 2.80 bits per heavy atom. The predicted octanol–water partition coefficient (Wildman–Crippen LogP) is 3.56. The summed E-state index contributed by atoms with van der Waals surface area (Å²) in [6, 6.07) is 6.92. The lowest BCUT2D eigenvalue weighted by Gasteiger charge is -2.08. The Kier molecular flexibility index (Phi) is 4.20. The quantitative estimate of drug-likeness (QED) is 0.882. The van der Waals surface area contributed by atoms with Crippen molar-refractivity contribution in [3.8, 4) is 5.75 Å². The van der Waals surface area contributed by atoms with Crippen molar-refractivity contribution in [2.24, 2.45) is 0 Å². The third-order valence-electron chi connectivity index (χ3n) is 2.79. The fourth-order valence-electron chi connectivity index (χ4n) is 1.80. The van der Waals surface area contributed by atoms with Crippen LogP contribution >= 0.6 is 11.6 Å². The number of aryl methyl sites for hydroxylation is 1. The molecule has 1 heterocycles. The Morgan fingerprint density at radius 1 is 1.45 bits per heavy atom. The molecular formula is C14H14ClNO4. The maximum Gasteiger partial charge on any atom is 0.372 e. The van der Waals surface area contributed by atoms with Crippen molar-refractivity contribution in [3.05, 3.63) is 46.4 Å². The number of halogens is 1. The van der Waals surface area contributed by atoms with Crippen LogP contribution in [0.3, 0.4) is 0 Å². The van der Waals surface area contributed by atoms with Crippen molar-refractivity contribution < 1.29 is 19.1 Å². The number of carbonyl (C=O) groups is 1. The normalized spacial score (nSPS) is 10.3. The number of ether oxygens (including phenoxy) is 1. The van der Waals surface area contributed by atoms with Crippen molar-refractivity contribution in [2.75, 3.05) is 12.4 Å². The zero-order valence-corrected chi connectivity index (χ0v) is 11.8. The van der Waals surface area contributed by atoms with Crippen LogP contribution in [0.5, 0.6) is 5.75 Å². The second kappa shape index (κ2) is 5.88. The van der Waals surface area contributed by atoms with E-state index < -0.39 is 5.97 Å². The minimum absolute atomic E-state index is 0.0430. The van der Waals surface area contributed by atoms with Gasteiger partial charge < -0.3 is 19.6 Å². The average Bonchev–Trinajstić information content (AvgIpc) is 2.79. The number of benzene rings is 1. The van der Waals surface area contributed by atoms with Gasteiger partial charge in [0.2, 0.25) is 5.76 Å². The molecule has 0 amide bonds. The fourth-order valence-corrected chi connectivity index (χ4v) is 1.98. The molecule has 1 aromatic heterocycles. The van der Waals surface area contributed by atoms with E-state index >= 15 is 0 Å². The molecule has 20 heavy (non-hydrogen) atoms. The number of carboxylic acid groups (broad SMARTS) is 1. The first-order valence-electron chi connectivity index (χ1n) is 5.91. The van der Waals surface area contributed by atoms with Gasteiger partial charge in [0.1, 0.15) is 11.5 Å². The second-order valence-electron chi connectivity index (χ2n) is 4.23. The van der Waals surface area contributed by atoms with E-state index in [1.165, 1.54) is 0 Å². The van der Waals surface area contributed by atoms with Crippen molar-refractivity contribution in [2.45, 2.75) is 13.5 Å².